The normalized spacial score (nSPS) is 19.9. The lowest BCUT2D eigenvalue weighted by molar-refractivity contribution is 0.535. The van der Waals surface area contributed by atoms with Gasteiger partial charge in [-0.3, -0.25) is 0 Å². The summed E-state index contributed by atoms with van der Waals surface area (Å²) in [4.78, 5) is 0. The molecule has 1 heteroatoms. The fourth-order valence-electron chi connectivity index (χ4n) is 0.769. The molecule has 0 saturated carbocycles. The molecule has 1 aliphatic carbocycles. The largest absolute Gasteiger partial charge is 0.246 e. The van der Waals surface area contributed by atoms with Crippen molar-refractivity contribution in [2.75, 3.05) is 6.67 Å². The first-order valence-electron chi connectivity index (χ1n) is 2.58. The molecule has 7 heavy (non-hydrogen) atoms. The fourth-order valence-corrected chi connectivity index (χ4v) is 0.769. The summed E-state index contributed by atoms with van der Waals surface area (Å²) in [7, 11) is 0. The molecule has 1 radical (unpaired) electrons. The molecule has 0 amide bonds. The van der Waals surface area contributed by atoms with Crippen LogP contribution in [0.25, 0.3) is 0 Å². The second-order valence-electron chi connectivity index (χ2n) is 1.77. The minimum absolute atomic E-state index is 0.278. The van der Waals surface area contributed by atoms with E-state index in [0.29, 0.717) is 0 Å². The third-order valence-corrected chi connectivity index (χ3v) is 1.19. The Kier molecular flexibility index (Phi) is 1.45. The molecule has 0 aliphatic heterocycles. The molecule has 0 fully saturated rings. The lowest BCUT2D eigenvalue weighted by atomic mass is 10.3. The number of alkyl halides is 1. The number of hydrogen-bond acceptors (Lipinski definition) is 0. The van der Waals surface area contributed by atoms with E-state index in [9.17, 15) is 4.39 Å². The van der Waals surface area contributed by atoms with E-state index in [4.69, 9.17) is 0 Å². The molecule has 0 atom stereocenters. The zero-order valence-corrected chi connectivity index (χ0v) is 4.21. The Bertz CT molecular complexity index is 84.2. The van der Waals surface area contributed by atoms with Gasteiger partial charge in [0.25, 0.3) is 0 Å². The van der Waals surface area contributed by atoms with Crippen LogP contribution in [0.1, 0.15) is 19.3 Å². The van der Waals surface area contributed by atoms with Gasteiger partial charge in [0, 0.05) is 0 Å². The Hall–Kier alpha value is -0.330. The lowest BCUT2D eigenvalue weighted by Gasteiger charge is -1.85. The summed E-state index contributed by atoms with van der Waals surface area (Å²) in [6.07, 6.45) is 5.97. The summed E-state index contributed by atoms with van der Waals surface area (Å²) in [5.41, 5.74) is 0.875. The highest BCUT2D eigenvalue weighted by Crippen LogP contribution is 2.15. The molecular weight excluding hydrogens is 91.1 g/mol. The van der Waals surface area contributed by atoms with Crippen molar-refractivity contribution in [3.05, 3.63) is 11.6 Å². The van der Waals surface area contributed by atoms with Crippen LogP contribution in [0.2, 0.25) is 0 Å². The molecule has 0 nitrogen and oxygen atoms in total. The van der Waals surface area contributed by atoms with Crippen LogP contribution in [0, 0.1) is 6.08 Å². The van der Waals surface area contributed by atoms with Crippen LogP contribution < -0.4 is 0 Å². The van der Waals surface area contributed by atoms with Gasteiger partial charge >= 0.3 is 0 Å². The predicted molar refractivity (Wildman–Crippen MR) is 26.6 cm³/mol. The second kappa shape index (κ2) is 2.10. The topological polar surface area (TPSA) is 0 Å². The van der Waals surface area contributed by atoms with Gasteiger partial charge in [0.1, 0.15) is 6.67 Å². The third-order valence-electron chi connectivity index (χ3n) is 1.19. The van der Waals surface area contributed by atoms with Gasteiger partial charge in [-0.25, -0.2) is 4.39 Å². The smallest absolute Gasteiger partial charge is 0.111 e. The summed E-state index contributed by atoms with van der Waals surface area (Å²) in [6, 6.07) is 0. The highest BCUT2D eigenvalue weighted by Gasteiger charge is 2.01. The minimum atomic E-state index is -0.278. The van der Waals surface area contributed by atoms with E-state index in [1.807, 2.05) is 0 Å². The van der Waals surface area contributed by atoms with E-state index in [-0.39, 0.29) is 6.67 Å². The van der Waals surface area contributed by atoms with Gasteiger partial charge in [0.15, 0.2) is 0 Å². The van der Waals surface area contributed by atoms with E-state index < -0.39 is 0 Å². The summed E-state index contributed by atoms with van der Waals surface area (Å²) in [6.45, 7) is -0.278. The SMILES string of the molecule is FCC1=[C]CCC1. The highest BCUT2D eigenvalue weighted by atomic mass is 19.1. The molecule has 1 rings (SSSR count). The number of rotatable bonds is 1. The number of halogens is 1. The first kappa shape index (κ1) is 4.82. The minimum Gasteiger partial charge on any atom is -0.246 e. The Morgan fingerprint density at radius 2 is 2.57 bits per heavy atom. The standard InChI is InChI=1S/C6H8F/c7-5-6-3-1-2-4-6/h1-3,5H2. The molecule has 0 aromatic rings. The zero-order chi connectivity index (χ0) is 5.11. The fraction of sp³-hybridized carbons (Fsp3) is 0.667. The van der Waals surface area contributed by atoms with Crippen LogP contribution in [0.5, 0.6) is 0 Å². The molecule has 0 aromatic heterocycles. The molecule has 0 aromatic carbocycles. The first-order chi connectivity index (χ1) is 3.43. The highest BCUT2D eigenvalue weighted by molar-refractivity contribution is 5.01. The number of hydrogen-bond donors (Lipinski definition) is 0. The van der Waals surface area contributed by atoms with Crippen molar-refractivity contribution in [3.63, 3.8) is 0 Å². The third kappa shape index (κ3) is 1.02. The van der Waals surface area contributed by atoms with Gasteiger partial charge in [-0.2, -0.15) is 0 Å². The Morgan fingerprint density at radius 3 is 2.86 bits per heavy atom. The van der Waals surface area contributed by atoms with Crippen molar-refractivity contribution >= 4 is 0 Å². The molecule has 0 bridgehead atoms. The van der Waals surface area contributed by atoms with Crippen molar-refractivity contribution < 1.29 is 4.39 Å². The van der Waals surface area contributed by atoms with Crippen LogP contribution in [0.3, 0.4) is 0 Å². The van der Waals surface area contributed by atoms with Crippen molar-refractivity contribution in [3.8, 4) is 0 Å². The second-order valence-corrected chi connectivity index (χ2v) is 1.77. The van der Waals surface area contributed by atoms with Crippen LogP contribution in [0.15, 0.2) is 5.57 Å². The van der Waals surface area contributed by atoms with E-state index in [0.717, 1.165) is 24.8 Å². The molecule has 1 aliphatic rings. The van der Waals surface area contributed by atoms with Crippen LogP contribution >= 0.6 is 0 Å². The summed E-state index contributed by atoms with van der Waals surface area (Å²) < 4.78 is 11.6. The van der Waals surface area contributed by atoms with Crippen molar-refractivity contribution in [2.24, 2.45) is 0 Å². The van der Waals surface area contributed by atoms with Gasteiger partial charge in [-0.15, -0.1) is 0 Å². The van der Waals surface area contributed by atoms with Gasteiger partial charge in [0.05, 0.1) is 0 Å². The van der Waals surface area contributed by atoms with E-state index >= 15 is 0 Å². The molecule has 0 saturated heterocycles. The van der Waals surface area contributed by atoms with Crippen LogP contribution in [0.4, 0.5) is 4.39 Å². The van der Waals surface area contributed by atoms with Crippen LogP contribution in [-0.4, -0.2) is 6.67 Å². The molecule has 0 unspecified atom stereocenters. The quantitative estimate of drug-likeness (QED) is 0.470. The first-order valence-corrected chi connectivity index (χ1v) is 2.58. The zero-order valence-electron chi connectivity index (χ0n) is 4.21. The molecule has 39 valence electrons. The van der Waals surface area contributed by atoms with Gasteiger partial charge in [-0.1, -0.05) is 0 Å². The van der Waals surface area contributed by atoms with Crippen molar-refractivity contribution in [1.29, 1.82) is 0 Å². The summed E-state index contributed by atoms with van der Waals surface area (Å²) >= 11 is 0. The molecular formula is C6H8F. The molecule has 0 heterocycles. The predicted octanol–water partition coefficient (Wildman–Crippen LogP) is 1.87. The van der Waals surface area contributed by atoms with Gasteiger partial charge in [0.2, 0.25) is 0 Å². The summed E-state index contributed by atoms with van der Waals surface area (Å²) in [5.74, 6) is 0. The number of allylic oxidation sites excluding steroid dienone is 2. The maximum absolute atomic E-state index is 11.6. The van der Waals surface area contributed by atoms with Crippen LogP contribution in [-0.2, 0) is 0 Å². The average Bonchev–Trinajstić information content (AvgIpc) is 2.14. The monoisotopic (exact) mass is 99.1 g/mol. The van der Waals surface area contributed by atoms with Gasteiger partial charge < -0.3 is 0 Å². The molecule has 0 spiro atoms. The maximum Gasteiger partial charge on any atom is 0.111 e. The Morgan fingerprint density at radius 1 is 1.71 bits per heavy atom. The van der Waals surface area contributed by atoms with E-state index in [2.05, 4.69) is 6.08 Å². The van der Waals surface area contributed by atoms with E-state index in [1.54, 1.807) is 0 Å². The van der Waals surface area contributed by atoms with Crippen molar-refractivity contribution in [2.45, 2.75) is 19.3 Å². The van der Waals surface area contributed by atoms with Crippen molar-refractivity contribution in [1.82, 2.24) is 0 Å². The summed E-state index contributed by atoms with van der Waals surface area (Å²) in [5, 5.41) is 0. The Labute approximate surface area is 43.0 Å². The molecule has 0 N–H and O–H groups in total. The lowest BCUT2D eigenvalue weighted by Crippen LogP contribution is -1.76. The van der Waals surface area contributed by atoms with E-state index in [1.165, 1.54) is 0 Å². The van der Waals surface area contributed by atoms with Gasteiger partial charge in [-0.05, 0) is 30.9 Å². The maximum atomic E-state index is 11.6. The Balaban J connectivity index is 2.36. The average molecular weight is 99.1 g/mol.